The van der Waals surface area contributed by atoms with E-state index in [9.17, 15) is 4.79 Å². The summed E-state index contributed by atoms with van der Waals surface area (Å²) in [4.78, 5) is 22.4. The molecule has 0 aliphatic rings. The number of hydrogen-bond donors (Lipinski definition) is 3. The molecule has 3 rings (SSSR count). The number of imidazole rings is 1. The van der Waals surface area contributed by atoms with E-state index < -0.39 is 5.91 Å². The molecule has 8 heteroatoms. The van der Waals surface area contributed by atoms with Gasteiger partial charge in [-0.1, -0.05) is 18.2 Å². The third kappa shape index (κ3) is 4.69. The van der Waals surface area contributed by atoms with Crippen molar-refractivity contribution in [3.63, 3.8) is 0 Å². The van der Waals surface area contributed by atoms with Gasteiger partial charge in [0.2, 0.25) is 0 Å². The van der Waals surface area contributed by atoms with Gasteiger partial charge in [-0.3, -0.25) is 14.9 Å². The van der Waals surface area contributed by atoms with E-state index in [0.29, 0.717) is 23.9 Å². The number of rotatable bonds is 8. The van der Waals surface area contributed by atoms with Crippen LogP contribution < -0.4 is 10.2 Å². The Bertz CT molecular complexity index is 847. The zero-order valence-corrected chi connectivity index (χ0v) is 15.1. The molecule has 0 aliphatic heterocycles. The second-order valence-electron chi connectivity index (χ2n) is 5.76. The predicted molar refractivity (Wildman–Crippen MR) is 99.4 cm³/mol. The standard InChI is InChI=1S/C18H20N4O3S/c1-22(9-10-25-14-5-3-2-4-6-14)12-13-11-19-17(20-13)15-7-8-16(26-15)18(23)21-24/h2-8,11,24H,9-10,12H2,1H3,(H,19,20)(H,21,23). The number of nitrogens with zero attached hydrogens (tertiary/aromatic N) is 2. The molecule has 7 nitrogen and oxygen atoms in total. The summed E-state index contributed by atoms with van der Waals surface area (Å²) >= 11 is 1.26. The van der Waals surface area contributed by atoms with E-state index in [1.807, 2.05) is 37.4 Å². The molecule has 3 N–H and O–H groups in total. The maximum atomic E-state index is 11.4. The number of benzene rings is 1. The molecule has 0 unspecified atom stereocenters. The van der Waals surface area contributed by atoms with Crippen LogP contribution in [-0.4, -0.2) is 46.2 Å². The minimum Gasteiger partial charge on any atom is -0.492 e. The number of hydroxylamine groups is 1. The molecule has 1 aromatic carbocycles. The number of H-pyrrole nitrogens is 1. The number of para-hydroxylation sites is 1. The molecular weight excluding hydrogens is 352 g/mol. The average molecular weight is 372 g/mol. The van der Waals surface area contributed by atoms with Crippen LogP contribution in [0.25, 0.3) is 10.7 Å². The molecule has 0 saturated heterocycles. The minimum absolute atomic E-state index is 0.427. The summed E-state index contributed by atoms with van der Waals surface area (Å²) in [7, 11) is 2.02. The topological polar surface area (TPSA) is 90.5 Å². The maximum Gasteiger partial charge on any atom is 0.284 e. The van der Waals surface area contributed by atoms with Crippen molar-refractivity contribution in [3.8, 4) is 16.5 Å². The summed E-state index contributed by atoms with van der Waals surface area (Å²) in [6.45, 7) is 2.09. The highest BCUT2D eigenvalue weighted by Crippen LogP contribution is 2.25. The molecule has 0 bridgehead atoms. The molecule has 0 atom stereocenters. The van der Waals surface area contributed by atoms with Crippen molar-refractivity contribution in [3.05, 3.63) is 59.2 Å². The van der Waals surface area contributed by atoms with E-state index >= 15 is 0 Å². The Balaban J connectivity index is 1.51. The van der Waals surface area contributed by atoms with E-state index in [0.717, 1.165) is 22.9 Å². The molecule has 0 spiro atoms. The Morgan fingerprint density at radius 3 is 2.88 bits per heavy atom. The van der Waals surface area contributed by atoms with E-state index in [1.165, 1.54) is 11.3 Å². The van der Waals surface area contributed by atoms with Crippen molar-refractivity contribution in [2.45, 2.75) is 6.54 Å². The van der Waals surface area contributed by atoms with Gasteiger partial charge < -0.3 is 9.72 Å². The first kappa shape index (κ1) is 18.1. The molecule has 0 fully saturated rings. The van der Waals surface area contributed by atoms with Crippen molar-refractivity contribution in [2.75, 3.05) is 20.2 Å². The molecule has 0 saturated carbocycles. The molecule has 1 amide bonds. The summed E-state index contributed by atoms with van der Waals surface area (Å²) in [5, 5.41) is 8.68. The maximum absolute atomic E-state index is 11.4. The summed E-state index contributed by atoms with van der Waals surface area (Å²) in [6.07, 6.45) is 1.79. The van der Waals surface area contributed by atoms with Gasteiger partial charge in [0.25, 0.3) is 5.91 Å². The van der Waals surface area contributed by atoms with Gasteiger partial charge in [-0.2, -0.15) is 0 Å². The van der Waals surface area contributed by atoms with E-state index in [2.05, 4.69) is 14.9 Å². The van der Waals surface area contributed by atoms with Crippen LogP contribution in [0.2, 0.25) is 0 Å². The quantitative estimate of drug-likeness (QED) is 0.418. The lowest BCUT2D eigenvalue weighted by Gasteiger charge is -2.15. The van der Waals surface area contributed by atoms with Crippen LogP contribution >= 0.6 is 11.3 Å². The third-order valence-electron chi connectivity index (χ3n) is 3.72. The van der Waals surface area contributed by atoms with Crippen molar-refractivity contribution in [2.24, 2.45) is 0 Å². The van der Waals surface area contributed by atoms with Crippen LogP contribution in [0.3, 0.4) is 0 Å². The van der Waals surface area contributed by atoms with Gasteiger partial charge in [0.05, 0.1) is 9.75 Å². The van der Waals surface area contributed by atoms with Crippen molar-refractivity contribution >= 4 is 17.2 Å². The third-order valence-corrected chi connectivity index (χ3v) is 4.81. The summed E-state index contributed by atoms with van der Waals surface area (Å²) in [6, 6.07) is 13.2. The molecule has 2 heterocycles. The Morgan fingerprint density at radius 1 is 1.31 bits per heavy atom. The number of ether oxygens (including phenoxy) is 1. The molecule has 3 aromatic rings. The van der Waals surface area contributed by atoms with Gasteiger partial charge in [-0.15, -0.1) is 11.3 Å². The lowest BCUT2D eigenvalue weighted by atomic mass is 10.3. The molecular formula is C18H20N4O3S. The van der Waals surface area contributed by atoms with Gasteiger partial charge >= 0.3 is 0 Å². The van der Waals surface area contributed by atoms with Crippen LogP contribution in [0.15, 0.2) is 48.7 Å². The van der Waals surface area contributed by atoms with E-state index in [4.69, 9.17) is 9.94 Å². The Labute approximate surface area is 155 Å². The molecule has 2 aromatic heterocycles. The molecule has 26 heavy (non-hydrogen) atoms. The average Bonchev–Trinajstić information content (AvgIpc) is 3.31. The monoisotopic (exact) mass is 372 g/mol. The van der Waals surface area contributed by atoms with Crippen LogP contribution in [0.5, 0.6) is 5.75 Å². The summed E-state index contributed by atoms with van der Waals surface area (Å²) < 4.78 is 5.70. The molecule has 136 valence electrons. The number of carbonyl (C=O) groups is 1. The normalized spacial score (nSPS) is 10.9. The van der Waals surface area contributed by atoms with Gasteiger partial charge in [-0.05, 0) is 31.3 Å². The van der Waals surface area contributed by atoms with Gasteiger partial charge in [0.15, 0.2) is 0 Å². The van der Waals surface area contributed by atoms with Crippen LogP contribution in [0.4, 0.5) is 0 Å². The Kier molecular flexibility index (Phi) is 6.00. The van der Waals surface area contributed by atoms with Crippen LogP contribution in [0.1, 0.15) is 15.4 Å². The number of nitrogens with one attached hydrogen (secondary N) is 2. The van der Waals surface area contributed by atoms with Crippen LogP contribution in [0, 0.1) is 0 Å². The lowest BCUT2D eigenvalue weighted by molar-refractivity contribution is 0.0711. The highest BCUT2D eigenvalue weighted by atomic mass is 32.1. The van der Waals surface area contributed by atoms with Crippen molar-refractivity contribution < 1.29 is 14.7 Å². The zero-order chi connectivity index (χ0) is 18.4. The summed E-state index contributed by atoms with van der Waals surface area (Å²) in [5.41, 5.74) is 2.61. The minimum atomic E-state index is -0.522. The summed E-state index contributed by atoms with van der Waals surface area (Å²) in [5.74, 6) is 1.05. The number of carbonyl (C=O) groups excluding carboxylic acids is 1. The van der Waals surface area contributed by atoms with Gasteiger partial charge in [0.1, 0.15) is 18.2 Å². The first-order chi connectivity index (χ1) is 12.7. The van der Waals surface area contributed by atoms with Gasteiger partial charge in [-0.25, -0.2) is 10.5 Å². The highest BCUT2D eigenvalue weighted by Gasteiger charge is 2.12. The number of hydrogen-bond acceptors (Lipinski definition) is 6. The number of likely N-dealkylation sites (N-methyl/N-ethyl adjacent to an activating group) is 1. The fourth-order valence-corrected chi connectivity index (χ4v) is 3.26. The van der Waals surface area contributed by atoms with Crippen LogP contribution in [-0.2, 0) is 6.54 Å². The number of thiophene rings is 1. The molecule has 0 radical (unpaired) electrons. The SMILES string of the molecule is CN(CCOc1ccccc1)Cc1cnc(-c2ccc(C(=O)NO)s2)[nH]1. The predicted octanol–water partition coefficient (Wildman–Crippen LogP) is 2.77. The number of aromatic nitrogens is 2. The smallest absolute Gasteiger partial charge is 0.284 e. The first-order valence-electron chi connectivity index (χ1n) is 8.10. The Hall–Kier alpha value is -2.68. The van der Waals surface area contributed by atoms with Crippen molar-refractivity contribution in [1.82, 2.24) is 20.3 Å². The second kappa shape index (κ2) is 8.61. The van der Waals surface area contributed by atoms with Crippen molar-refractivity contribution in [1.29, 1.82) is 0 Å². The number of amides is 1. The largest absolute Gasteiger partial charge is 0.492 e. The lowest BCUT2D eigenvalue weighted by Crippen LogP contribution is -2.24. The Morgan fingerprint density at radius 2 is 2.12 bits per heavy atom. The number of aromatic amines is 1. The second-order valence-corrected chi connectivity index (χ2v) is 6.84. The first-order valence-corrected chi connectivity index (χ1v) is 8.92. The van der Waals surface area contributed by atoms with E-state index in [-0.39, 0.29) is 0 Å². The fraction of sp³-hybridized carbons (Fsp3) is 0.222. The molecule has 0 aliphatic carbocycles. The fourth-order valence-electron chi connectivity index (χ4n) is 2.41. The zero-order valence-electron chi connectivity index (χ0n) is 14.3. The van der Waals surface area contributed by atoms with Gasteiger partial charge in [0, 0.05) is 25.0 Å². The van der Waals surface area contributed by atoms with E-state index in [1.54, 1.807) is 23.8 Å². The highest BCUT2D eigenvalue weighted by molar-refractivity contribution is 7.17.